The van der Waals surface area contributed by atoms with Crippen molar-refractivity contribution in [2.45, 2.75) is 13.8 Å². The molecule has 4 aromatic carbocycles. The van der Waals surface area contributed by atoms with E-state index in [1.807, 2.05) is 0 Å². The van der Waals surface area contributed by atoms with Gasteiger partial charge in [-0.25, -0.2) is 0 Å². The van der Waals surface area contributed by atoms with Crippen molar-refractivity contribution in [3.8, 4) is 33.4 Å². The van der Waals surface area contributed by atoms with Crippen LogP contribution in [0, 0.1) is 13.8 Å². The summed E-state index contributed by atoms with van der Waals surface area (Å²) in [6.45, 7) is 4.15. The summed E-state index contributed by atoms with van der Waals surface area (Å²) in [7, 11) is 0. The molecule has 0 heterocycles. The Bertz CT molecular complexity index is 999. The second-order valence-corrected chi connectivity index (χ2v) is 7.05. The highest BCUT2D eigenvalue weighted by molar-refractivity contribution is 5.82. The Balaban J connectivity index is 1.94. The summed E-state index contributed by atoms with van der Waals surface area (Å²) in [5.41, 5.74) is 16.6. The standard InChI is InChI=1S/C26H23N/c1-18-13-22(14-19(2)26(18)27)25-16-23(20-9-5-3-6-10-20)15-24(17-25)21-11-7-4-8-12-21/h3-17H,27H2,1-2H3. The molecule has 0 aliphatic carbocycles. The normalized spacial score (nSPS) is 10.7. The highest BCUT2D eigenvalue weighted by atomic mass is 14.6. The molecule has 1 nitrogen and oxygen atoms in total. The molecule has 27 heavy (non-hydrogen) atoms. The Morgan fingerprint density at radius 1 is 0.444 bits per heavy atom. The molecule has 0 amide bonds. The number of hydrogen-bond donors (Lipinski definition) is 1. The van der Waals surface area contributed by atoms with Crippen LogP contribution in [-0.4, -0.2) is 0 Å². The maximum atomic E-state index is 6.17. The lowest BCUT2D eigenvalue weighted by molar-refractivity contribution is 1.39. The maximum Gasteiger partial charge on any atom is 0.0373 e. The van der Waals surface area contributed by atoms with Crippen LogP contribution in [0.2, 0.25) is 0 Å². The third kappa shape index (κ3) is 3.50. The van der Waals surface area contributed by atoms with Gasteiger partial charge in [0.25, 0.3) is 0 Å². The lowest BCUT2D eigenvalue weighted by Gasteiger charge is -2.13. The zero-order chi connectivity index (χ0) is 18.8. The van der Waals surface area contributed by atoms with Gasteiger partial charge in [0.05, 0.1) is 0 Å². The van der Waals surface area contributed by atoms with Gasteiger partial charge in [-0.15, -0.1) is 0 Å². The van der Waals surface area contributed by atoms with E-state index in [-0.39, 0.29) is 0 Å². The first-order valence-electron chi connectivity index (χ1n) is 9.25. The van der Waals surface area contributed by atoms with Gasteiger partial charge in [-0.1, -0.05) is 60.7 Å². The van der Waals surface area contributed by atoms with E-state index in [0.29, 0.717) is 0 Å². The van der Waals surface area contributed by atoms with E-state index in [1.165, 1.54) is 33.4 Å². The van der Waals surface area contributed by atoms with Crippen molar-refractivity contribution < 1.29 is 0 Å². The van der Waals surface area contributed by atoms with Crippen molar-refractivity contribution in [1.29, 1.82) is 0 Å². The molecule has 4 aromatic rings. The molecule has 4 rings (SSSR count). The summed E-state index contributed by atoms with van der Waals surface area (Å²) >= 11 is 0. The number of benzene rings is 4. The number of hydrogen-bond acceptors (Lipinski definition) is 1. The minimum Gasteiger partial charge on any atom is -0.398 e. The molecule has 0 saturated carbocycles. The summed E-state index contributed by atoms with van der Waals surface area (Å²) in [5.74, 6) is 0. The Hall–Kier alpha value is -3.32. The van der Waals surface area contributed by atoms with E-state index in [9.17, 15) is 0 Å². The third-order valence-electron chi connectivity index (χ3n) is 5.07. The predicted molar refractivity (Wildman–Crippen MR) is 117 cm³/mol. The SMILES string of the molecule is Cc1cc(-c2cc(-c3ccccc3)cc(-c3ccccc3)c2)cc(C)c1N. The first-order chi connectivity index (χ1) is 13.1. The summed E-state index contributed by atoms with van der Waals surface area (Å²) in [6, 6.07) is 32.3. The molecule has 0 bridgehead atoms. The average molecular weight is 349 g/mol. The van der Waals surface area contributed by atoms with Crippen molar-refractivity contribution in [1.82, 2.24) is 0 Å². The van der Waals surface area contributed by atoms with Crippen LogP contribution in [0.1, 0.15) is 11.1 Å². The zero-order valence-corrected chi connectivity index (χ0v) is 15.7. The Morgan fingerprint density at radius 2 is 0.778 bits per heavy atom. The smallest absolute Gasteiger partial charge is 0.0373 e. The predicted octanol–water partition coefficient (Wildman–Crippen LogP) is 6.89. The molecule has 132 valence electrons. The Kier molecular flexibility index (Phi) is 4.52. The van der Waals surface area contributed by atoms with E-state index >= 15 is 0 Å². The van der Waals surface area contributed by atoms with Gasteiger partial charge in [-0.2, -0.15) is 0 Å². The van der Waals surface area contributed by atoms with Crippen molar-refractivity contribution in [3.63, 3.8) is 0 Å². The maximum absolute atomic E-state index is 6.17. The quantitative estimate of drug-likeness (QED) is 0.401. The number of aryl methyl sites for hydroxylation is 2. The van der Waals surface area contributed by atoms with Crippen LogP contribution in [0.25, 0.3) is 33.4 Å². The van der Waals surface area contributed by atoms with Crippen molar-refractivity contribution in [2.75, 3.05) is 5.73 Å². The van der Waals surface area contributed by atoms with Crippen LogP contribution in [-0.2, 0) is 0 Å². The van der Waals surface area contributed by atoms with E-state index in [2.05, 4.69) is 105 Å². The van der Waals surface area contributed by atoms with Gasteiger partial charge >= 0.3 is 0 Å². The van der Waals surface area contributed by atoms with Crippen LogP contribution >= 0.6 is 0 Å². The fourth-order valence-corrected chi connectivity index (χ4v) is 3.53. The van der Waals surface area contributed by atoms with Gasteiger partial charge in [0.2, 0.25) is 0 Å². The number of nitrogen functional groups attached to an aromatic ring is 1. The highest BCUT2D eigenvalue weighted by Gasteiger charge is 2.09. The Morgan fingerprint density at radius 3 is 1.19 bits per heavy atom. The minimum atomic E-state index is 0.876. The first kappa shape index (κ1) is 17.1. The summed E-state index contributed by atoms with van der Waals surface area (Å²) in [6.07, 6.45) is 0. The molecular formula is C26H23N. The molecule has 0 aromatic heterocycles. The number of rotatable bonds is 3. The molecule has 0 radical (unpaired) electrons. The van der Waals surface area contributed by atoms with E-state index in [1.54, 1.807) is 0 Å². The van der Waals surface area contributed by atoms with Gasteiger partial charge in [0, 0.05) is 5.69 Å². The van der Waals surface area contributed by atoms with Gasteiger partial charge in [-0.05, 0) is 88.7 Å². The van der Waals surface area contributed by atoms with Crippen LogP contribution in [0.5, 0.6) is 0 Å². The average Bonchev–Trinajstić information content (AvgIpc) is 2.72. The van der Waals surface area contributed by atoms with Gasteiger partial charge in [0.1, 0.15) is 0 Å². The lowest BCUT2D eigenvalue weighted by atomic mass is 9.92. The van der Waals surface area contributed by atoms with Crippen LogP contribution in [0.3, 0.4) is 0 Å². The summed E-state index contributed by atoms with van der Waals surface area (Å²) in [5, 5.41) is 0. The molecule has 0 fully saturated rings. The molecule has 0 aliphatic rings. The largest absolute Gasteiger partial charge is 0.398 e. The lowest BCUT2D eigenvalue weighted by Crippen LogP contribution is -1.94. The van der Waals surface area contributed by atoms with Crippen LogP contribution in [0.15, 0.2) is 91.0 Å². The second-order valence-electron chi connectivity index (χ2n) is 7.05. The number of anilines is 1. The van der Waals surface area contributed by atoms with E-state index in [4.69, 9.17) is 5.73 Å². The highest BCUT2D eigenvalue weighted by Crippen LogP contribution is 2.34. The van der Waals surface area contributed by atoms with Crippen molar-refractivity contribution >= 4 is 5.69 Å². The summed E-state index contributed by atoms with van der Waals surface area (Å²) < 4.78 is 0. The van der Waals surface area contributed by atoms with Crippen LogP contribution < -0.4 is 5.73 Å². The number of nitrogens with two attached hydrogens (primary N) is 1. The molecule has 0 saturated heterocycles. The Labute approximate surface area is 161 Å². The minimum absolute atomic E-state index is 0.876. The van der Waals surface area contributed by atoms with Crippen LogP contribution in [0.4, 0.5) is 5.69 Å². The molecule has 2 N–H and O–H groups in total. The van der Waals surface area contributed by atoms with E-state index in [0.717, 1.165) is 16.8 Å². The van der Waals surface area contributed by atoms with Gasteiger partial charge in [-0.3, -0.25) is 0 Å². The molecule has 1 heteroatoms. The first-order valence-corrected chi connectivity index (χ1v) is 9.25. The van der Waals surface area contributed by atoms with Gasteiger partial charge < -0.3 is 5.73 Å². The molecule has 0 atom stereocenters. The fraction of sp³-hybridized carbons (Fsp3) is 0.0769. The third-order valence-corrected chi connectivity index (χ3v) is 5.07. The molecule has 0 aliphatic heterocycles. The molecule has 0 unspecified atom stereocenters. The van der Waals surface area contributed by atoms with Crippen molar-refractivity contribution in [2.24, 2.45) is 0 Å². The summed E-state index contributed by atoms with van der Waals surface area (Å²) in [4.78, 5) is 0. The second kappa shape index (κ2) is 7.13. The van der Waals surface area contributed by atoms with Crippen molar-refractivity contribution in [3.05, 3.63) is 102 Å². The van der Waals surface area contributed by atoms with Gasteiger partial charge in [0.15, 0.2) is 0 Å². The zero-order valence-electron chi connectivity index (χ0n) is 15.7. The van der Waals surface area contributed by atoms with E-state index < -0.39 is 0 Å². The molecular weight excluding hydrogens is 326 g/mol. The molecule has 0 spiro atoms. The topological polar surface area (TPSA) is 26.0 Å². The fourth-order valence-electron chi connectivity index (χ4n) is 3.53. The monoisotopic (exact) mass is 349 g/mol.